The maximum absolute atomic E-state index is 11.0. The highest BCUT2D eigenvalue weighted by Crippen LogP contribution is 2.29. The lowest BCUT2D eigenvalue weighted by Gasteiger charge is -2.00. The molecule has 22 heavy (non-hydrogen) atoms. The molecule has 110 valence electrons. The zero-order chi connectivity index (χ0) is 15.5. The number of rotatable bonds is 3. The van der Waals surface area contributed by atoms with Gasteiger partial charge in [-0.3, -0.25) is 9.79 Å². The van der Waals surface area contributed by atoms with Crippen LogP contribution in [0.2, 0.25) is 0 Å². The lowest BCUT2D eigenvalue weighted by atomic mass is 10.1. The standard InChI is InChI=1S/C16H13N3O2S/c1-10(20)18-16-19-15(21)14(22-16)9-17-13-8-4-6-11-5-2-3-7-12(11)13/h2-9,21H,1H3,(H,18,19,20). The second-order valence-electron chi connectivity index (χ2n) is 4.64. The third-order valence-electron chi connectivity index (χ3n) is 3.00. The summed E-state index contributed by atoms with van der Waals surface area (Å²) in [6.45, 7) is 1.39. The molecule has 2 N–H and O–H groups in total. The van der Waals surface area contributed by atoms with Gasteiger partial charge in [0.2, 0.25) is 11.8 Å². The van der Waals surface area contributed by atoms with Gasteiger partial charge in [-0.05, 0) is 11.5 Å². The number of nitrogens with zero attached hydrogens (tertiary/aromatic N) is 2. The number of aromatic nitrogens is 1. The van der Waals surface area contributed by atoms with Crippen LogP contribution in [0.3, 0.4) is 0 Å². The van der Waals surface area contributed by atoms with Crippen LogP contribution in [0.25, 0.3) is 10.8 Å². The minimum absolute atomic E-state index is 0.141. The van der Waals surface area contributed by atoms with E-state index in [0.717, 1.165) is 16.5 Å². The Balaban J connectivity index is 1.93. The SMILES string of the molecule is CC(=O)Nc1nc(O)c(C=Nc2cccc3ccccc23)s1. The molecule has 0 fully saturated rings. The van der Waals surface area contributed by atoms with Gasteiger partial charge >= 0.3 is 0 Å². The first kappa shape index (κ1) is 14.2. The second kappa shape index (κ2) is 5.95. The van der Waals surface area contributed by atoms with Crippen LogP contribution in [-0.2, 0) is 4.79 Å². The fourth-order valence-electron chi connectivity index (χ4n) is 2.06. The summed E-state index contributed by atoms with van der Waals surface area (Å²) < 4.78 is 0. The van der Waals surface area contributed by atoms with Crippen LogP contribution >= 0.6 is 11.3 Å². The van der Waals surface area contributed by atoms with E-state index in [9.17, 15) is 9.90 Å². The zero-order valence-electron chi connectivity index (χ0n) is 11.8. The van der Waals surface area contributed by atoms with Gasteiger partial charge in [-0.1, -0.05) is 47.7 Å². The first-order chi connectivity index (χ1) is 10.6. The highest BCUT2D eigenvalue weighted by atomic mass is 32.1. The molecule has 0 atom stereocenters. The summed E-state index contributed by atoms with van der Waals surface area (Å²) >= 11 is 1.17. The summed E-state index contributed by atoms with van der Waals surface area (Å²) in [5.41, 5.74) is 0.812. The molecule has 0 radical (unpaired) electrons. The number of hydrogen-bond acceptors (Lipinski definition) is 5. The van der Waals surface area contributed by atoms with E-state index in [-0.39, 0.29) is 11.8 Å². The molecule has 0 aliphatic heterocycles. The maximum Gasteiger partial charge on any atom is 0.233 e. The number of thiazole rings is 1. The van der Waals surface area contributed by atoms with Crippen LogP contribution in [0.5, 0.6) is 5.88 Å². The minimum atomic E-state index is -0.230. The molecular formula is C16H13N3O2S. The summed E-state index contributed by atoms with van der Waals surface area (Å²) in [7, 11) is 0. The molecule has 1 heterocycles. The number of benzene rings is 2. The average molecular weight is 311 g/mol. The van der Waals surface area contributed by atoms with Gasteiger partial charge in [-0.2, -0.15) is 4.98 Å². The lowest BCUT2D eigenvalue weighted by molar-refractivity contribution is -0.114. The van der Waals surface area contributed by atoms with Crippen molar-refractivity contribution in [1.29, 1.82) is 0 Å². The van der Waals surface area contributed by atoms with Crippen molar-refractivity contribution in [2.45, 2.75) is 6.92 Å². The second-order valence-corrected chi connectivity index (χ2v) is 5.68. The van der Waals surface area contributed by atoms with E-state index in [4.69, 9.17) is 0 Å². The van der Waals surface area contributed by atoms with Crippen molar-refractivity contribution < 1.29 is 9.90 Å². The number of nitrogens with one attached hydrogen (secondary N) is 1. The van der Waals surface area contributed by atoms with Crippen LogP contribution in [0.1, 0.15) is 11.8 Å². The van der Waals surface area contributed by atoms with Gasteiger partial charge in [0.15, 0.2) is 5.13 Å². The molecule has 0 saturated heterocycles. The summed E-state index contributed by atoms with van der Waals surface area (Å²) in [5.74, 6) is -0.371. The summed E-state index contributed by atoms with van der Waals surface area (Å²) in [4.78, 5) is 19.8. The third-order valence-corrected chi connectivity index (χ3v) is 3.90. The fourth-order valence-corrected chi connectivity index (χ4v) is 2.84. The molecule has 0 spiro atoms. The highest BCUT2D eigenvalue weighted by Gasteiger charge is 2.09. The van der Waals surface area contributed by atoms with E-state index in [1.54, 1.807) is 6.21 Å². The summed E-state index contributed by atoms with van der Waals surface area (Å²) in [5, 5.41) is 14.8. The number of anilines is 1. The third kappa shape index (κ3) is 2.96. The number of carbonyl (C=O) groups is 1. The van der Waals surface area contributed by atoms with Gasteiger partial charge in [-0.25, -0.2) is 0 Å². The van der Waals surface area contributed by atoms with Crippen LogP contribution in [0.15, 0.2) is 47.5 Å². The van der Waals surface area contributed by atoms with Gasteiger partial charge in [0.25, 0.3) is 0 Å². The molecule has 0 aliphatic rings. The van der Waals surface area contributed by atoms with Crippen LogP contribution < -0.4 is 5.32 Å². The van der Waals surface area contributed by atoms with E-state index in [1.165, 1.54) is 18.3 Å². The van der Waals surface area contributed by atoms with Crippen LogP contribution in [0, 0.1) is 0 Å². The molecule has 5 nitrogen and oxygen atoms in total. The normalized spacial score (nSPS) is 11.1. The van der Waals surface area contributed by atoms with E-state index in [0.29, 0.717) is 10.0 Å². The molecule has 3 rings (SSSR count). The van der Waals surface area contributed by atoms with Crippen molar-refractivity contribution in [3.8, 4) is 5.88 Å². The van der Waals surface area contributed by atoms with Gasteiger partial charge in [0, 0.05) is 12.3 Å². The molecule has 2 aromatic carbocycles. The number of carbonyl (C=O) groups excluding carboxylic acids is 1. The topological polar surface area (TPSA) is 74.6 Å². The smallest absolute Gasteiger partial charge is 0.233 e. The number of aromatic hydroxyl groups is 1. The Morgan fingerprint density at radius 2 is 2.05 bits per heavy atom. The molecule has 1 amide bonds. The van der Waals surface area contributed by atoms with E-state index < -0.39 is 0 Å². The van der Waals surface area contributed by atoms with Gasteiger partial charge in [0.05, 0.1) is 11.9 Å². The Labute approximate surface area is 131 Å². The maximum atomic E-state index is 11.0. The molecule has 0 aliphatic carbocycles. The molecule has 0 saturated carbocycles. The zero-order valence-corrected chi connectivity index (χ0v) is 12.6. The Morgan fingerprint density at radius 3 is 2.86 bits per heavy atom. The number of fused-ring (bicyclic) bond motifs is 1. The molecule has 6 heteroatoms. The van der Waals surface area contributed by atoms with Crippen molar-refractivity contribution in [1.82, 2.24) is 4.98 Å². The Bertz CT molecular complexity index is 865. The van der Waals surface area contributed by atoms with Crippen LogP contribution in [0.4, 0.5) is 10.8 Å². The number of hydrogen-bond donors (Lipinski definition) is 2. The molecule has 3 aromatic rings. The van der Waals surface area contributed by atoms with E-state index in [1.807, 2.05) is 42.5 Å². The van der Waals surface area contributed by atoms with Gasteiger partial charge in [0.1, 0.15) is 4.88 Å². The van der Waals surface area contributed by atoms with Crippen molar-refractivity contribution in [3.05, 3.63) is 47.3 Å². The predicted octanol–water partition coefficient (Wildman–Crippen LogP) is 3.71. The van der Waals surface area contributed by atoms with E-state index >= 15 is 0 Å². The highest BCUT2D eigenvalue weighted by molar-refractivity contribution is 7.17. The minimum Gasteiger partial charge on any atom is -0.492 e. The van der Waals surface area contributed by atoms with Crippen molar-refractivity contribution in [2.75, 3.05) is 5.32 Å². The number of amides is 1. The average Bonchev–Trinajstić information content (AvgIpc) is 2.84. The van der Waals surface area contributed by atoms with Gasteiger partial charge < -0.3 is 10.4 Å². The monoisotopic (exact) mass is 311 g/mol. The summed E-state index contributed by atoms with van der Waals surface area (Å²) in [6.07, 6.45) is 1.56. The molecular weight excluding hydrogens is 298 g/mol. The Morgan fingerprint density at radius 1 is 1.27 bits per heavy atom. The Kier molecular flexibility index (Phi) is 3.84. The first-order valence-electron chi connectivity index (χ1n) is 6.63. The van der Waals surface area contributed by atoms with Gasteiger partial charge in [-0.15, -0.1) is 0 Å². The first-order valence-corrected chi connectivity index (χ1v) is 7.44. The van der Waals surface area contributed by atoms with Crippen molar-refractivity contribution >= 4 is 45.0 Å². The largest absolute Gasteiger partial charge is 0.492 e. The molecule has 0 bridgehead atoms. The fraction of sp³-hybridized carbons (Fsp3) is 0.0625. The predicted molar refractivity (Wildman–Crippen MR) is 89.3 cm³/mol. The van der Waals surface area contributed by atoms with Crippen molar-refractivity contribution in [3.63, 3.8) is 0 Å². The molecule has 1 aromatic heterocycles. The molecule has 0 unspecified atom stereocenters. The van der Waals surface area contributed by atoms with Crippen LogP contribution in [-0.4, -0.2) is 22.2 Å². The lowest BCUT2D eigenvalue weighted by Crippen LogP contribution is -2.04. The van der Waals surface area contributed by atoms with Crippen molar-refractivity contribution in [2.24, 2.45) is 4.99 Å². The Hall–Kier alpha value is -2.73. The number of aliphatic imine (C=N–C) groups is 1. The summed E-state index contributed by atoms with van der Waals surface area (Å²) in [6, 6.07) is 13.8. The quantitative estimate of drug-likeness (QED) is 0.724. The van der Waals surface area contributed by atoms with E-state index in [2.05, 4.69) is 15.3 Å².